The van der Waals surface area contributed by atoms with Gasteiger partial charge < -0.3 is 10.1 Å². The molecule has 5 aromatic rings. The Morgan fingerprint density at radius 2 is 1.82 bits per heavy atom. The number of ketones is 1. The first-order valence-corrected chi connectivity index (χ1v) is 11.9. The van der Waals surface area contributed by atoms with Crippen LogP contribution in [0.3, 0.4) is 0 Å². The Morgan fingerprint density at radius 3 is 2.55 bits per heavy atom. The third-order valence-corrected chi connectivity index (χ3v) is 7.10. The first-order chi connectivity index (χ1) is 16.0. The molecule has 3 heterocycles. The summed E-state index contributed by atoms with van der Waals surface area (Å²) in [5.41, 5.74) is 15.6. The van der Waals surface area contributed by atoms with Crippen LogP contribution in [0.2, 0.25) is 0 Å². The number of anilines is 1. The largest absolute Gasteiger partial charge is 0.396 e. The van der Waals surface area contributed by atoms with Crippen molar-refractivity contribution in [2.24, 2.45) is 0 Å². The maximum atomic E-state index is 13.5. The van der Waals surface area contributed by atoms with Crippen LogP contribution in [0.25, 0.3) is 27.3 Å². The number of nitrogens with two attached hydrogens (primary N) is 1. The molecule has 0 unspecified atom stereocenters. The first-order valence-electron chi connectivity index (χ1n) is 11.0. The van der Waals surface area contributed by atoms with Crippen molar-refractivity contribution in [2.45, 2.75) is 27.2 Å². The summed E-state index contributed by atoms with van der Waals surface area (Å²) in [7, 11) is 0. The van der Waals surface area contributed by atoms with Gasteiger partial charge in [-0.05, 0) is 55.2 Å². The van der Waals surface area contributed by atoms with Crippen LogP contribution < -0.4 is 5.73 Å². The van der Waals surface area contributed by atoms with Crippen LogP contribution in [0.1, 0.15) is 39.7 Å². The van der Waals surface area contributed by atoms with Crippen molar-refractivity contribution in [3.8, 4) is 21.8 Å². The van der Waals surface area contributed by atoms with Crippen LogP contribution in [-0.4, -0.2) is 15.2 Å². The highest BCUT2D eigenvalue weighted by molar-refractivity contribution is 7.13. The van der Waals surface area contributed by atoms with E-state index in [-0.39, 0.29) is 5.78 Å². The van der Waals surface area contributed by atoms with Gasteiger partial charge in [0.25, 0.3) is 0 Å². The second kappa shape index (κ2) is 8.34. The highest BCUT2D eigenvalue weighted by Gasteiger charge is 2.25. The molecule has 0 saturated heterocycles. The van der Waals surface area contributed by atoms with E-state index in [4.69, 9.17) is 10.7 Å². The Balaban J connectivity index is 1.63. The van der Waals surface area contributed by atoms with Crippen molar-refractivity contribution in [3.05, 3.63) is 100 Å². The number of aromatic nitrogens is 2. The minimum absolute atomic E-state index is 0.0893. The van der Waals surface area contributed by atoms with Gasteiger partial charge in [0, 0.05) is 22.7 Å². The average molecular weight is 452 g/mol. The van der Waals surface area contributed by atoms with Gasteiger partial charge in [0.1, 0.15) is 10.7 Å². The van der Waals surface area contributed by atoms with Crippen LogP contribution in [0.15, 0.2) is 72.2 Å². The van der Waals surface area contributed by atoms with Gasteiger partial charge >= 0.3 is 0 Å². The summed E-state index contributed by atoms with van der Waals surface area (Å²) in [5, 5.41) is 2.86. The Morgan fingerprint density at radius 1 is 1.03 bits per heavy atom. The number of benzene rings is 2. The molecule has 0 saturated carbocycles. The number of thiazole rings is 1. The molecule has 5 rings (SSSR count). The van der Waals surface area contributed by atoms with Crippen molar-refractivity contribution < 1.29 is 4.79 Å². The molecule has 0 radical (unpaired) electrons. The number of hydrogen-bond acceptors (Lipinski definition) is 4. The summed E-state index contributed by atoms with van der Waals surface area (Å²) in [6.45, 7) is 6.31. The zero-order valence-corrected chi connectivity index (χ0v) is 19.7. The zero-order valence-electron chi connectivity index (χ0n) is 18.9. The van der Waals surface area contributed by atoms with Gasteiger partial charge in [-0.25, -0.2) is 4.98 Å². The van der Waals surface area contributed by atoms with E-state index in [0.717, 1.165) is 33.8 Å². The molecule has 4 nitrogen and oxygen atoms in total. The minimum atomic E-state index is -0.0893. The average Bonchev–Trinajstić information content (AvgIpc) is 3.42. The normalized spacial score (nSPS) is 11.2. The fourth-order valence-electron chi connectivity index (χ4n) is 4.13. The smallest absolute Gasteiger partial charge is 0.211 e. The number of carbonyl (C=O) groups excluding carboxylic acids is 1. The van der Waals surface area contributed by atoms with E-state index in [1.807, 2.05) is 53.1 Å². The number of carbonyl (C=O) groups is 1. The van der Waals surface area contributed by atoms with Gasteiger partial charge in [-0.15, -0.1) is 11.3 Å². The molecule has 164 valence electrons. The third-order valence-electron chi connectivity index (χ3n) is 6.24. The molecular weight excluding hydrogens is 426 g/mol. The van der Waals surface area contributed by atoms with Crippen molar-refractivity contribution in [1.82, 2.24) is 9.38 Å². The molecule has 5 heteroatoms. The lowest BCUT2D eigenvalue weighted by Gasteiger charge is -2.05. The maximum absolute atomic E-state index is 13.5. The van der Waals surface area contributed by atoms with Gasteiger partial charge in [0.05, 0.1) is 22.5 Å². The molecule has 0 aliphatic carbocycles. The molecule has 2 N–H and O–H groups in total. The molecule has 0 fully saturated rings. The number of nitrogens with zero attached hydrogens (tertiary/aromatic N) is 2. The van der Waals surface area contributed by atoms with E-state index in [1.54, 1.807) is 11.3 Å². The zero-order chi connectivity index (χ0) is 23.1. The molecule has 0 aliphatic heterocycles. The number of pyridine rings is 1. The van der Waals surface area contributed by atoms with Gasteiger partial charge in [-0.3, -0.25) is 4.79 Å². The fourth-order valence-corrected chi connectivity index (χ4v) is 5.03. The lowest BCUT2D eigenvalue weighted by atomic mass is 10.0. The molecule has 0 aliphatic rings. The molecule has 0 bridgehead atoms. The Hall–Kier alpha value is -3.70. The summed E-state index contributed by atoms with van der Waals surface area (Å²) in [5.74, 6) is -0.0893. The Labute approximate surface area is 197 Å². The second-order valence-corrected chi connectivity index (χ2v) is 9.17. The summed E-state index contributed by atoms with van der Waals surface area (Å²) in [6, 6.07) is 20.0. The van der Waals surface area contributed by atoms with Crippen LogP contribution >= 0.6 is 11.3 Å². The second-order valence-electron chi connectivity index (χ2n) is 8.31. The van der Waals surface area contributed by atoms with Crippen LogP contribution in [0.5, 0.6) is 0 Å². The summed E-state index contributed by atoms with van der Waals surface area (Å²) in [4.78, 5) is 18.4. The number of fused-ring (bicyclic) bond motifs is 1. The highest BCUT2D eigenvalue weighted by Crippen LogP contribution is 2.39. The lowest BCUT2D eigenvalue weighted by molar-refractivity contribution is 0.103. The van der Waals surface area contributed by atoms with Gasteiger partial charge in [0.2, 0.25) is 5.78 Å². The highest BCUT2D eigenvalue weighted by atomic mass is 32.1. The SMILES string of the molecule is CCc1ccc(C(=O)c2c(N)c(-c3nc(-c4ccc(C)c(C)c4)cs3)c3ccccn23)cc1. The summed E-state index contributed by atoms with van der Waals surface area (Å²) in [6.07, 6.45) is 2.82. The van der Waals surface area contributed by atoms with Crippen molar-refractivity contribution in [3.63, 3.8) is 0 Å². The minimum Gasteiger partial charge on any atom is -0.396 e. The fraction of sp³-hybridized carbons (Fsp3) is 0.143. The molecule has 0 spiro atoms. The van der Waals surface area contributed by atoms with E-state index < -0.39 is 0 Å². The van der Waals surface area contributed by atoms with Crippen LogP contribution in [0, 0.1) is 13.8 Å². The van der Waals surface area contributed by atoms with E-state index in [9.17, 15) is 4.79 Å². The molecule has 2 aromatic carbocycles. The lowest BCUT2D eigenvalue weighted by Crippen LogP contribution is -2.08. The van der Waals surface area contributed by atoms with Gasteiger partial charge in [0.15, 0.2) is 0 Å². The number of nitrogen functional groups attached to an aromatic ring is 1. The van der Waals surface area contributed by atoms with E-state index in [1.165, 1.54) is 16.7 Å². The molecular formula is C28H25N3OS. The molecule has 33 heavy (non-hydrogen) atoms. The maximum Gasteiger partial charge on any atom is 0.211 e. The van der Waals surface area contributed by atoms with Gasteiger partial charge in [-0.1, -0.05) is 49.4 Å². The quantitative estimate of drug-likeness (QED) is 0.302. The Kier molecular flexibility index (Phi) is 5.35. The van der Waals surface area contributed by atoms with E-state index in [0.29, 0.717) is 16.9 Å². The monoisotopic (exact) mass is 451 g/mol. The predicted octanol–water partition coefficient (Wildman–Crippen LogP) is 6.72. The van der Waals surface area contributed by atoms with Crippen molar-refractivity contribution >= 4 is 28.3 Å². The van der Waals surface area contributed by atoms with Crippen LogP contribution in [-0.2, 0) is 6.42 Å². The summed E-state index contributed by atoms with van der Waals surface area (Å²) >= 11 is 1.55. The topological polar surface area (TPSA) is 60.4 Å². The number of rotatable bonds is 5. The van der Waals surface area contributed by atoms with Crippen LogP contribution in [0.4, 0.5) is 5.69 Å². The number of aryl methyl sites for hydroxylation is 3. The predicted molar refractivity (Wildman–Crippen MR) is 137 cm³/mol. The molecule has 0 amide bonds. The van der Waals surface area contributed by atoms with E-state index in [2.05, 4.69) is 44.4 Å². The van der Waals surface area contributed by atoms with Crippen molar-refractivity contribution in [2.75, 3.05) is 5.73 Å². The Bertz CT molecular complexity index is 1490. The molecule has 0 atom stereocenters. The molecule has 3 aromatic heterocycles. The van der Waals surface area contributed by atoms with E-state index >= 15 is 0 Å². The van der Waals surface area contributed by atoms with Crippen molar-refractivity contribution in [1.29, 1.82) is 0 Å². The summed E-state index contributed by atoms with van der Waals surface area (Å²) < 4.78 is 1.89. The first kappa shape index (κ1) is 21.2. The number of hydrogen-bond donors (Lipinski definition) is 1. The standard InChI is InChI=1S/C28H25N3OS/c1-4-19-9-12-20(13-10-19)27(32)26-25(29)24(23-7-5-6-14-31(23)26)28-30-22(16-33-28)21-11-8-17(2)18(3)15-21/h5-16H,4,29H2,1-3H3. The third kappa shape index (κ3) is 3.64. The van der Waals surface area contributed by atoms with Gasteiger partial charge in [-0.2, -0.15) is 0 Å².